The summed E-state index contributed by atoms with van der Waals surface area (Å²) >= 11 is 1.76. The van der Waals surface area contributed by atoms with Gasteiger partial charge in [-0.1, -0.05) is 0 Å². The number of nitrogens with zero attached hydrogens (tertiary/aromatic N) is 2. The highest BCUT2D eigenvalue weighted by molar-refractivity contribution is 7.99. The number of nitriles is 1. The first-order chi connectivity index (χ1) is 8.70. The van der Waals surface area contributed by atoms with Crippen LogP contribution in [0.1, 0.15) is 0 Å². The van der Waals surface area contributed by atoms with Crippen molar-refractivity contribution in [1.82, 2.24) is 5.32 Å². The molecule has 0 saturated heterocycles. The Morgan fingerprint density at radius 3 is 3.22 bits per heavy atom. The van der Waals surface area contributed by atoms with Crippen LogP contribution in [0.2, 0.25) is 0 Å². The maximum Gasteiger partial charge on any atom is 0.240 e. The molecule has 18 heavy (non-hydrogen) atoms. The number of hydrogen-bond acceptors (Lipinski definition) is 5. The van der Waals surface area contributed by atoms with E-state index in [-0.39, 0.29) is 19.0 Å². The molecule has 0 unspecified atom stereocenters. The van der Waals surface area contributed by atoms with Crippen LogP contribution in [0.5, 0.6) is 0 Å². The minimum Gasteiger partial charge on any atom is -0.399 e. The Hall–Kier alpha value is -1.87. The number of benzene rings is 1. The van der Waals surface area contributed by atoms with E-state index in [9.17, 15) is 4.79 Å². The molecule has 0 spiro atoms. The van der Waals surface area contributed by atoms with Crippen LogP contribution >= 0.6 is 11.8 Å². The number of nitrogens with one attached hydrogen (secondary N) is 1. The average Bonchev–Trinajstić information content (AvgIpc) is 2.37. The summed E-state index contributed by atoms with van der Waals surface area (Å²) in [6, 6.07) is 7.62. The second-order valence-electron chi connectivity index (χ2n) is 3.93. The maximum absolute atomic E-state index is 11.6. The van der Waals surface area contributed by atoms with Crippen molar-refractivity contribution in [2.24, 2.45) is 0 Å². The number of rotatable bonds is 3. The van der Waals surface area contributed by atoms with Gasteiger partial charge in [0.2, 0.25) is 5.91 Å². The molecule has 0 fully saturated rings. The molecular formula is C12H14N4OS. The fraction of sp³-hybridized carbons (Fsp3) is 0.333. The summed E-state index contributed by atoms with van der Waals surface area (Å²) in [5.41, 5.74) is 7.47. The van der Waals surface area contributed by atoms with Gasteiger partial charge in [-0.25, -0.2) is 0 Å². The van der Waals surface area contributed by atoms with E-state index in [0.29, 0.717) is 5.69 Å². The van der Waals surface area contributed by atoms with Crippen molar-refractivity contribution in [3.05, 3.63) is 18.2 Å². The number of amides is 1. The van der Waals surface area contributed by atoms with Crippen molar-refractivity contribution in [2.45, 2.75) is 4.90 Å². The number of thioether (sulfide) groups is 1. The topological polar surface area (TPSA) is 82.2 Å². The third-order valence-corrected chi connectivity index (χ3v) is 3.68. The summed E-state index contributed by atoms with van der Waals surface area (Å²) in [5.74, 6) is 0.805. The van der Waals surface area contributed by atoms with Crippen molar-refractivity contribution in [2.75, 3.05) is 36.0 Å². The summed E-state index contributed by atoms with van der Waals surface area (Å²) in [6.07, 6.45) is 0. The quantitative estimate of drug-likeness (QED) is 0.622. The highest BCUT2D eigenvalue weighted by Gasteiger charge is 2.19. The highest BCUT2D eigenvalue weighted by atomic mass is 32.2. The normalized spacial score (nSPS) is 13.6. The Labute approximate surface area is 110 Å². The largest absolute Gasteiger partial charge is 0.399 e. The molecular weight excluding hydrogens is 248 g/mol. The van der Waals surface area contributed by atoms with E-state index in [1.54, 1.807) is 11.8 Å². The fourth-order valence-electron chi connectivity index (χ4n) is 1.82. The molecule has 2 rings (SSSR count). The molecule has 0 aromatic heterocycles. The van der Waals surface area contributed by atoms with E-state index in [1.807, 2.05) is 29.2 Å². The molecule has 0 saturated carbocycles. The summed E-state index contributed by atoms with van der Waals surface area (Å²) < 4.78 is 0. The van der Waals surface area contributed by atoms with E-state index in [0.717, 1.165) is 22.9 Å². The zero-order valence-corrected chi connectivity index (χ0v) is 10.7. The number of nitrogens with two attached hydrogens (primary N) is 1. The Morgan fingerprint density at radius 2 is 2.44 bits per heavy atom. The van der Waals surface area contributed by atoms with Crippen molar-refractivity contribution in [3.8, 4) is 6.07 Å². The molecule has 6 heteroatoms. The van der Waals surface area contributed by atoms with Crippen molar-refractivity contribution in [1.29, 1.82) is 5.26 Å². The molecule has 0 aliphatic carbocycles. The SMILES string of the molecule is N#CCNC(=O)CN1CCSc2ccc(N)cc21. The van der Waals surface area contributed by atoms with Crippen LogP contribution in [0.3, 0.4) is 0 Å². The van der Waals surface area contributed by atoms with Gasteiger partial charge in [0, 0.05) is 22.9 Å². The van der Waals surface area contributed by atoms with Crippen LogP contribution in [-0.2, 0) is 4.79 Å². The first-order valence-electron chi connectivity index (χ1n) is 5.61. The van der Waals surface area contributed by atoms with Gasteiger partial charge in [-0.3, -0.25) is 4.79 Å². The van der Waals surface area contributed by atoms with Gasteiger partial charge < -0.3 is 16.0 Å². The molecule has 0 bridgehead atoms. The molecule has 0 atom stereocenters. The number of hydrogen-bond donors (Lipinski definition) is 2. The van der Waals surface area contributed by atoms with Crippen molar-refractivity contribution in [3.63, 3.8) is 0 Å². The molecule has 0 radical (unpaired) electrons. The molecule has 1 aliphatic rings. The van der Waals surface area contributed by atoms with Gasteiger partial charge in [0.25, 0.3) is 0 Å². The van der Waals surface area contributed by atoms with Gasteiger partial charge in [0.05, 0.1) is 18.3 Å². The minimum atomic E-state index is -0.142. The van der Waals surface area contributed by atoms with E-state index in [2.05, 4.69) is 5.32 Å². The standard InChI is InChI=1S/C12H14N4OS/c13-3-4-15-12(17)8-16-5-6-18-11-2-1-9(14)7-10(11)16/h1-2,7H,4-6,8,14H2,(H,15,17). The molecule has 3 N–H and O–H groups in total. The second kappa shape index (κ2) is 5.65. The zero-order chi connectivity index (χ0) is 13.0. The van der Waals surface area contributed by atoms with E-state index < -0.39 is 0 Å². The Bertz CT molecular complexity index is 497. The predicted molar refractivity (Wildman–Crippen MR) is 72.4 cm³/mol. The smallest absolute Gasteiger partial charge is 0.240 e. The van der Waals surface area contributed by atoms with Gasteiger partial charge in [0.15, 0.2) is 0 Å². The molecule has 94 valence electrons. The summed E-state index contributed by atoms with van der Waals surface area (Å²) in [7, 11) is 0. The van der Waals surface area contributed by atoms with E-state index >= 15 is 0 Å². The third-order valence-electron chi connectivity index (χ3n) is 2.64. The van der Waals surface area contributed by atoms with Crippen LogP contribution in [0, 0.1) is 11.3 Å². The number of carbonyl (C=O) groups is 1. The van der Waals surface area contributed by atoms with Crippen LogP contribution in [0.15, 0.2) is 23.1 Å². The Kier molecular flexibility index (Phi) is 3.95. The minimum absolute atomic E-state index is 0.0468. The van der Waals surface area contributed by atoms with Crippen molar-refractivity contribution < 1.29 is 4.79 Å². The fourth-order valence-corrected chi connectivity index (χ4v) is 2.85. The molecule has 1 heterocycles. The molecule has 5 nitrogen and oxygen atoms in total. The maximum atomic E-state index is 11.6. The first-order valence-corrected chi connectivity index (χ1v) is 6.60. The predicted octanol–water partition coefficient (Wildman–Crippen LogP) is 0.821. The average molecular weight is 262 g/mol. The van der Waals surface area contributed by atoms with Crippen LogP contribution < -0.4 is 16.0 Å². The van der Waals surface area contributed by atoms with Crippen LogP contribution in [0.4, 0.5) is 11.4 Å². The Morgan fingerprint density at radius 1 is 1.61 bits per heavy atom. The van der Waals surface area contributed by atoms with Gasteiger partial charge >= 0.3 is 0 Å². The lowest BCUT2D eigenvalue weighted by Gasteiger charge is -2.30. The van der Waals surface area contributed by atoms with Crippen LogP contribution in [-0.4, -0.2) is 31.3 Å². The zero-order valence-electron chi connectivity index (χ0n) is 9.85. The molecule has 1 aromatic rings. The highest BCUT2D eigenvalue weighted by Crippen LogP contribution is 2.35. The summed E-state index contributed by atoms with van der Waals surface area (Å²) in [5, 5.41) is 11.0. The number of carbonyl (C=O) groups excluding carboxylic acids is 1. The molecule has 1 amide bonds. The molecule has 1 aromatic carbocycles. The van der Waals surface area contributed by atoms with Gasteiger partial charge in [-0.2, -0.15) is 5.26 Å². The third kappa shape index (κ3) is 2.87. The lowest BCUT2D eigenvalue weighted by atomic mass is 10.2. The van der Waals surface area contributed by atoms with Crippen LogP contribution in [0.25, 0.3) is 0 Å². The van der Waals surface area contributed by atoms with E-state index in [1.165, 1.54) is 0 Å². The van der Waals surface area contributed by atoms with Gasteiger partial charge in [-0.05, 0) is 18.2 Å². The number of fused-ring (bicyclic) bond motifs is 1. The van der Waals surface area contributed by atoms with Crippen molar-refractivity contribution >= 4 is 29.0 Å². The number of anilines is 2. The Balaban J connectivity index is 2.10. The van der Waals surface area contributed by atoms with Gasteiger partial charge in [-0.15, -0.1) is 11.8 Å². The van der Waals surface area contributed by atoms with E-state index in [4.69, 9.17) is 11.0 Å². The lowest BCUT2D eigenvalue weighted by molar-refractivity contribution is -0.119. The molecule has 1 aliphatic heterocycles. The second-order valence-corrected chi connectivity index (χ2v) is 5.07. The number of nitrogen functional groups attached to an aromatic ring is 1. The summed E-state index contributed by atoms with van der Waals surface area (Å²) in [4.78, 5) is 14.8. The first kappa shape index (κ1) is 12.6. The lowest BCUT2D eigenvalue weighted by Crippen LogP contribution is -2.40. The monoisotopic (exact) mass is 262 g/mol. The summed E-state index contributed by atoms with van der Waals surface area (Å²) in [6.45, 7) is 1.12. The van der Waals surface area contributed by atoms with Gasteiger partial charge in [0.1, 0.15) is 6.54 Å².